The number of carboxylic acids is 1. The lowest BCUT2D eigenvalue weighted by molar-refractivity contribution is -0.333. The molecule has 11 bridgehead atoms. The number of amides is 7. The fraction of sp³-hybridized carbons (Fsp3) is 0.479. The predicted molar refractivity (Wildman–Crippen MR) is 381 cm³/mol. The summed E-state index contributed by atoms with van der Waals surface area (Å²) in [5, 5.41) is 132. The number of benzene rings is 5. The number of carboxylic acid groups (broad SMARTS) is 1. The van der Waals surface area contributed by atoms with Gasteiger partial charge in [-0.2, -0.15) is 0 Å². The van der Waals surface area contributed by atoms with Gasteiger partial charge in [0.25, 0.3) is 0 Å². The van der Waals surface area contributed by atoms with Crippen LogP contribution in [-0.4, -0.2) is 215 Å². The summed E-state index contributed by atoms with van der Waals surface area (Å²) in [6, 6.07) is 1.51. The van der Waals surface area contributed by atoms with Crippen molar-refractivity contribution >= 4 is 58.9 Å². The van der Waals surface area contributed by atoms with Gasteiger partial charge in [0.15, 0.2) is 36.2 Å². The number of hydrogen-bond acceptors (Lipinski definition) is 28. The van der Waals surface area contributed by atoms with Gasteiger partial charge in [-0.05, 0) is 124 Å². The zero-order valence-corrected chi connectivity index (χ0v) is 61.1. The van der Waals surface area contributed by atoms with E-state index in [0.717, 1.165) is 48.5 Å². The third kappa shape index (κ3) is 17.3. The largest absolute Gasteiger partial charge is 0.508 e. The topological polar surface area (TPSA) is 575 Å². The number of halogens is 1. The number of carbonyl (C=O) groups excluding carboxylic acids is 7. The van der Waals surface area contributed by atoms with Crippen molar-refractivity contribution in [2.45, 2.75) is 201 Å². The Morgan fingerprint density at radius 2 is 1.27 bits per heavy atom. The number of phenols is 3. The average Bonchev–Trinajstić information content (AvgIpc) is 0.765. The molecular weight excluding hydrogens is 1470 g/mol. The van der Waals surface area contributed by atoms with E-state index in [2.05, 4.69) is 37.2 Å². The van der Waals surface area contributed by atoms with Gasteiger partial charge in [0, 0.05) is 46.7 Å². The van der Waals surface area contributed by atoms with E-state index in [1.54, 1.807) is 0 Å². The first-order chi connectivity index (χ1) is 51.8. The van der Waals surface area contributed by atoms with Gasteiger partial charge in [-0.1, -0.05) is 49.7 Å². The molecule has 0 saturated carbocycles. The maximum Gasteiger partial charge on any atom is 0.330 e. The van der Waals surface area contributed by atoms with Crippen molar-refractivity contribution < 1.29 is 127 Å². The number of aliphatic carboxylic acids is 1. The number of likely N-dealkylation sites (N-methyl/N-ethyl adjacent to an activating group) is 1. The Labute approximate surface area is 633 Å². The van der Waals surface area contributed by atoms with Crippen molar-refractivity contribution in [1.82, 2.24) is 37.2 Å². The highest BCUT2D eigenvalue weighted by Gasteiger charge is 2.52. The van der Waals surface area contributed by atoms with Gasteiger partial charge in [-0.15, -0.1) is 0 Å². The lowest BCUT2D eigenvalue weighted by Gasteiger charge is -2.47. The number of ether oxygens (including phenoxy) is 8. The van der Waals surface area contributed by atoms with Crippen LogP contribution >= 0.6 is 11.6 Å². The minimum Gasteiger partial charge on any atom is -0.508 e. The first-order valence-corrected chi connectivity index (χ1v) is 35.6. The Hall–Kier alpha value is -9.61. The Morgan fingerprint density at radius 3 is 1.87 bits per heavy atom. The summed E-state index contributed by atoms with van der Waals surface area (Å²) in [5.41, 5.74) is 13.6. The van der Waals surface area contributed by atoms with Crippen molar-refractivity contribution in [3.05, 3.63) is 118 Å². The number of phenolic OH excluding ortho intramolecular Hbond substituents is 3. The highest BCUT2D eigenvalue weighted by molar-refractivity contribution is 6.32. The lowest BCUT2D eigenvalue weighted by atomic mass is 9.86. The average molecular weight is 1560 g/mol. The van der Waals surface area contributed by atoms with Crippen LogP contribution in [0.1, 0.15) is 125 Å². The molecule has 37 heteroatoms. The van der Waals surface area contributed by atoms with E-state index in [1.807, 2.05) is 13.8 Å². The molecule has 13 rings (SSSR count). The number of aromatic hydroxyl groups is 3. The van der Waals surface area contributed by atoms with Gasteiger partial charge in [-0.3, -0.25) is 33.6 Å². The van der Waals surface area contributed by atoms with E-state index in [1.165, 1.54) is 71.1 Å². The Morgan fingerprint density at radius 1 is 0.673 bits per heavy atom. The van der Waals surface area contributed by atoms with E-state index in [9.17, 15) is 70.2 Å². The van der Waals surface area contributed by atoms with Crippen LogP contribution in [0.4, 0.5) is 0 Å². The number of primary amides is 1. The van der Waals surface area contributed by atoms with Crippen LogP contribution in [-0.2, 0) is 62.0 Å². The summed E-state index contributed by atoms with van der Waals surface area (Å²) >= 11 is 7.13. The normalized spacial score (nSPS) is 32.2. The van der Waals surface area contributed by atoms with Crippen LogP contribution in [0.2, 0.25) is 5.02 Å². The summed E-state index contributed by atoms with van der Waals surface area (Å²) in [6.45, 7) is 8.66. The molecule has 5 aromatic rings. The number of aliphatic hydroxyl groups is 6. The quantitative estimate of drug-likeness (QED) is 0.0639. The molecule has 110 heavy (non-hydrogen) atoms. The third-order valence-corrected chi connectivity index (χ3v) is 20.4. The molecule has 0 aromatic heterocycles. The number of hydrogen-bond donors (Lipinski definition) is 20. The standard InChI is InChI=1S/C73H89ClN10O26/c1-27(2)16-39(78-7)64(95)83-54-56(90)32-11-15-43(38(74)18-32)106-45-20-33-19-44(60(45)110-71-61(58(92)57(91)46(26-85)107-71)109-49-25-73(6,77)63(94)29(4)104-49)105-35-12-8-30(9-13-35)59(108-48-24-72(5,76)62(93)28(3)103-48)55-69(100)82-53(70(101)102)37-21-34(86)22-42(88)50(37)36-17-31(10-14-41(36)87)51(66(97)84-55)81-67(98)52(33)80-65(96)40(23-47(75)89)79-68(54)99/h8-15,17-22,27-29,39-40,46,48-49,51-59,61-63,71,78,85-88,90-94H,16,23-26,76-77H2,1-7H3,(H2,75,89)(H,79,99)(H,80,96)(H,81,98)(H,82,100)(H,83,95)(H,84,97)(H,101,102)/t28-,29-,39+,40-,46+,48-,49-,51-,52+,53?,54+,55-,56+,57+,58-,59+,61+,62-,63-,71-,72-,73-/m0/s1. The van der Waals surface area contributed by atoms with Crippen LogP contribution in [0.15, 0.2) is 84.9 Å². The van der Waals surface area contributed by atoms with E-state index < -0.39 is 250 Å². The first-order valence-electron chi connectivity index (χ1n) is 35.2. The number of aliphatic hydroxyl groups excluding tert-OH is 6. The smallest absolute Gasteiger partial charge is 0.330 e. The van der Waals surface area contributed by atoms with E-state index in [4.69, 9.17) is 66.7 Å². The molecule has 36 nitrogen and oxygen atoms in total. The Kier molecular flexibility index (Phi) is 24.2. The second-order valence-electron chi connectivity index (χ2n) is 29.1. The van der Waals surface area contributed by atoms with Crippen LogP contribution in [0.25, 0.3) is 11.1 Å². The SMILES string of the molecule is CN[C@H](CC(C)C)C(=O)N[C@H]1C(=O)N[C@@H](CC(N)=O)C(=O)N[C@H]2C(=O)N[C@@H]3C(=O)N[C@H](C(=O)NC(C(=O)O)c4cc(O)cc(O)c4-c4cc3ccc4O)[C@H](O[C@H]3C[C@](C)(N)[C@@H](O)[C@H](C)O3)c3ccc(cc3)Oc3cc2cc(c3O[C@@H]2O[C@H](CO)[C@@H](O)[C@H](O)[C@H]2O[C@H]2C[C@](C)(N)[C@@H](O)[C@H](C)O2)Oc2ccc(cc2Cl)[C@H]1O. The first kappa shape index (κ1) is 81.4. The van der Waals surface area contributed by atoms with Crippen molar-refractivity contribution in [1.29, 1.82) is 0 Å². The van der Waals surface area contributed by atoms with Crippen LogP contribution in [0.5, 0.6) is 46.0 Å². The van der Waals surface area contributed by atoms with Crippen molar-refractivity contribution in [2.24, 2.45) is 23.1 Å². The number of fused-ring (bicyclic) bond motifs is 15. The monoisotopic (exact) mass is 1560 g/mol. The molecule has 8 heterocycles. The van der Waals surface area contributed by atoms with E-state index >= 15 is 19.2 Å². The Bertz CT molecular complexity index is 4350. The number of rotatable bonds is 15. The Balaban J connectivity index is 1.18. The lowest BCUT2D eigenvalue weighted by Crippen LogP contribution is -2.64. The van der Waals surface area contributed by atoms with Gasteiger partial charge < -0.3 is 143 Å². The zero-order chi connectivity index (χ0) is 80.0. The molecule has 0 radical (unpaired) electrons. The molecule has 23 N–H and O–H groups in total. The molecule has 594 valence electrons. The van der Waals surface area contributed by atoms with E-state index in [0.29, 0.717) is 0 Å². The molecule has 8 aliphatic heterocycles. The van der Waals surface area contributed by atoms with Gasteiger partial charge >= 0.3 is 5.97 Å². The number of nitrogens with two attached hydrogens (primary N) is 3. The summed E-state index contributed by atoms with van der Waals surface area (Å²) < 4.78 is 51.7. The zero-order valence-electron chi connectivity index (χ0n) is 60.4. The maximum atomic E-state index is 16.3. The number of nitrogens with one attached hydrogen (secondary N) is 7. The highest BCUT2D eigenvalue weighted by atomic mass is 35.5. The number of carbonyl (C=O) groups is 8. The molecule has 3 fully saturated rings. The van der Waals surface area contributed by atoms with Gasteiger partial charge in [0.1, 0.15) is 89.5 Å². The maximum absolute atomic E-state index is 16.3. The molecule has 0 spiro atoms. The van der Waals surface area contributed by atoms with Gasteiger partial charge in [0.2, 0.25) is 53.4 Å². The van der Waals surface area contributed by atoms with Crippen molar-refractivity contribution in [3.63, 3.8) is 0 Å². The van der Waals surface area contributed by atoms with Gasteiger partial charge in [0.05, 0.1) is 48.5 Å². The summed E-state index contributed by atoms with van der Waals surface area (Å²) in [4.78, 5) is 120. The molecule has 7 amide bonds. The van der Waals surface area contributed by atoms with Crippen molar-refractivity contribution in [2.75, 3.05) is 13.7 Å². The van der Waals surface area contributed by atoms with Crippen LogP contribution in [0.3, 0.4) is 0 Å². The minimum absolute atomic E-state index is 0.0420. The molecule has 0 aliphatic carbocycles. The van der Waals surface area contributed by atoms with Crippen molar-refractivity contribution in [3.8, 4) is 57.1 Å². The summed E-state index contributed by atoms with van der Waals surface area (Å²) in [5.74, 6) is -15.5. The second-order valence-corrected chi connectivity index (χ2v) is 29.5. The summed E-state index contributed by atoms with van der Waals surface area (Å²) in [6.07, 6.45) is -22.4. The van der Waals surface area contributed by atoms with Gasteiger partial charge in [-0.25, -0.2) is 4.79 Å². The van der Waals surface area contributed by atoms with E-state index in [-0.39, 0.29) is 58.4 Å². The minimum atomic E-state index is -2.34. The molecule has 3 saturated heterocycles. The molecule has 1 unspecified atom stereocenters. The fourth-order valence-electron chi connectivity index (χ4n) is 14.2. The molecule has 5 aromatic carbocycles. The van der Waals surface area contributed by atoms with Crippen LogP contribution < -0.4 is 68.6 Å². The fourth-order valence-corrected chi connectivity index (χ4v) is 14.4. The molecule has 8 aliphatic rings. The predicted octanol–water partition coefficient (Wildman–Crippen LogP) is -0.310. The second kappa shape index (κ2) is 32.8. The molecule has 22 atom stereocenters. The third-order valence-electron chi connectivity index (χ3n) is 20.1. The molecular formula is C73H89ClN10O26. The van der Waals surface area contributed by atoms with Crippen LogP contribution in [0, 0.1) is 5.92 Å². The summed E-state index contributed by atoms with van der Waals surface area (Å²) in [7, 11) is 1.48. The highest BCUT2D eigenvalue weighted by Crippen LogP contribution is 2.50.